The summed E-state index contributed by atoms with van der Waals surface area (Å²) in [6, 6.07) is 10.5. The van der Waals surface area contributed by atoms with E-state index in [9.17, 15) is 9.18 Å². The maximum Gasteiger partial charge on any atom is 0.155 e. The van der Waals surface area contributed by atoms with Crippen molar-refractivity contribution in [3.63, 3.8) is 0 Å². The lowest BCUT2D eigenvalue weighted by atomic mass is 9.78. The lowest BCUT2D eigenvalue weighted by Crippen LogP contribution is -2.28. The maximum atomic E-state index is 14.1. The first-order valence-electron chi connectivity index (χ1n) is 9.36. The normalized spacial score (nSPS) is 20.4. The number of Topliss-reactive ketones (excluding diaryl/α,β-unsaturated/α-hetero) is 1. The van der Waals surface area contributed by atoms with Crippen molar-refractivity contribution in [1.29, 1.82) is 0 Å². The van der Waals surface area contributed by atoms with Crippen molar-refractivity contribution in [2.24, 2.45) is 11.8 Å². The zero-order chi connectivity index (χ0) is 18.1. The second kappa shape index (κ2) is 7.02. The average molecular weight is 350 g/mol. The molecule has 26 heavy (non-hydrogen) atoms. The first kappa shape index (κ1) is 17.0. The Bertz CT molecular complexity index is 946. The Labute approximate surface area is 152 Å². The first-order chi connectivity index (χ1) is 12.6. The topological polar surface area (TPSA) is 34.9 Å². The number of hydrogen-bond donors (Lipinski definition) is 0. The molecule has 0 radical (unpaired) electrons. The van der Waals surface area contributed by atoms with Gasteiger partial charge < -0.3 is 4.57 Å². The van der Waals surface area contributed by atoms with Gasteiger partial charge in [-0.25, -0.2) is 4.39 Å². The van der Waals surface area contributed by atoms with Crippen molar-refractivity contribution in [2.75, 3.05) is 0 Å². The van der Waals surface area contributed by atoms with Gasteiger partial charge in [0.15, 0.2) is 5.78 Å². The predicted octanol–water partition coefficient (Wildman–Crippen LogP) is 5.24. The molecule has 1 aliphatic carbocycles. The fourth-order valence-electron chi connectivity index (χ4n) is 4.12. The van der Waals surface area contributed by atoms with E-state index in [-0.39, 0.29) is 11.7 Å². The Morgan fingerprint density at radius 3 is 2.85 bits per heavy atom. The molecule has 4 heteroatoms. The zero-order valence-corrected chi connectivity index (χ0v) is 15.0. The SMILES string of the molecule is CC1CCCCC1C(=O)Cn1ccc2ncc(-c3ccccc3F)cc21. The monoisotopic (exact) mass is 350 g/mol. The van der Waals surface area contributed by atoms with Crippen molar-refractivity contribution < 1.29 is 9.18 Å². The Morgan fingerprint density at radius 2 is 2.04 bits per heavy atom. The Kier molecular flexibility index (Phi) is 4.58. The van der Waals surface area contributed by atoms with Crippen LogP contribution in [0.2, 0.25) is 0 Å². The lowest BCUT2D eigenvalue weighted by molar-refractivity contribution is -0.125. The van der Waals surface area contributed by atoms with E-state index >= 15 is 0 Å². The van der Waals surface area contributed by atoms with Gasteiger partial charge in [0.1, 0.15) is 5.82 Å². The molecule has 2 heterocycles. The molecule has 1 aromatic carbocycles. The Hall–Kier alpha value is -2.49. The average Bonchev–Trinajstić information content (AvgIpc) is 3.04. The fraction of sp³-hybridized carbons (Fsp3) is 0.364. The van der Waals surface area contributed by atoms with Gasteiger partial charge in [0.25, 0.3) is 0 Å². The highest BCUT2D eigenvalue weighted by molar-refractivity contribution is 5.86. The maximum absolute atomic E-state index is 14.1. The number of aromatic nitrogens is 2. The molecule has 0 bridgehead atoms. The van der Waals surface area contributed by atoms with E-state index in [2.05, 4.69) is 11.9 Å². The van der Waals surface area contributed by atoms with Gasteiger partial charge in [-0.1, -0.05) is 44.4 Å². The van der Waals surface area contributed by atoms with E-state index in [1.807, 2.05) is 29.0 Å². The third kappa shape index (κ3) is 3.16. The summed E-state index contributed by atoms with van der Waals surface area (Å²) in [5.41, 5.74) is 2.97. The number of hydrogen-bond acceptors (Lipinski definition) is 2. The molecule has 3 aromatic rings. The highest BCUT2D eigenvalue weighted by Gasteiger charge is 2.27. The number of benzene rings is 1. The molecule has 2 aromatic heterocycles. The van der Waals surface area contributed by atoms with E-state index in [1.54, 1.807) is 18.3 Å². The number of rotatable bonds is 4. The molecule has 134 valence electrons. The third-order valence-electron chi connectivity index (χ3n) is 5.66. The minimum absolute atomic E-state index is 0.156. The second-order valence-electron chi connectivity index (χ2n) is 7.39. The number of pyridine rings is 1. The molecule has 4 rings (SSSR count). The summed E-state index contributed by atoms with van der Waals surface area (Å²) in [5, 5.41) is 0. The van der Waals surface area contributed by atoms with Crippen LogP contribution in [-0.2, 0) is 11.3 Å². The second-order valence-corrected chi connectivity index (χ2v) is 7.39. The summed E-state index contributed by atoms with van der Waals surface area (Å²) < 4.78 is 16.1. The van der Waals surface area contributed by atoms with Crippen LogP contribution in [0.1, 0.15) is 32.6 Å². The molecule has 1 saturated carbocycles. The molecule has 0 spiro atoms. The van der Waals surface area contributed by atoms with Crippen LogP contribution < -0.4 is 0 Å². The van der Waals surface area contributed by atoms with Gasteiger partial charge in [-0.05, 0) is 30.5 Å². The van der Waals surface area contributed by atoms with E-state index in [0.29, 0.717) is 23.8 Å². The Morgan fingerprint density at radius 1 is 1.23 bits per heavy atom. The van der Waals surface area contributed by atoms with Crippen molar-refractivity contribution in [3.05, 3.63) is 54.6 Å². The van der Waals surface area contributed by atoms with Gasteiger partial charge >= 0.3 is 0 Å². The van der Waals surface area contributed by atoms with E-state index in [0.717, 1.165) is 35.9 Å². The highest BCUT2D eigenvalue weighted by Crippen LogP contribution is 2.31. The van der Waals surface area contributed by atoms with Crippen LogP contribution in [0.5, 0.6) is 0 Å². The van der Waals surface area contributed by atoms with Crippen molar-refractivity contribution in [3.8, 4) is 11.1 Å². The molecular formula is C22H23FN2O. The standard InChI is InChI=1S/C22H23FN2O/c1-15-6-2-3-7-17(15)22(26)14-25-11-10-20-21(25)12-16(13-24-20)18-8-4-5-9-19(18)23/h4-5,8-13,15,17H,2-3,6-7,14H2,1H3. The van der Waals surface area contributed by atoms with Crippen molar-refractivity contribution in [1.82, 2.24) is 9.55 Å². The van der Waals surface area contributed by atoms with Gasteiger partial charge in [-0.15, -0.1) is 0 Å². The molecule has 0 N–H and O–H groups in total. The van der Waals surface area contributed by atoms with Crippen LogP contribution in [-0.4, -0.2) is 15.3 Å². The summed E-state index contributed by atoms with van der Waals surface area (Å²) in [4.78, 5) is 17.3. The number of fused-ring (bicyclic) bond motifs is 1. The van der Waals surface area contributed by atoms with Crippen LogP contribution in [0.25, 0.3) is 22.2 Å². The number of halogens is 1. The summed E-state index contributed by atoms with van der Waals surface area (Å²) in [6.07, 6.45) is 8.11. The van der Waals surface area contributed by atoms with Crippen LogP contribution in [0.15, 0.2) is 48.8 Å². The Balaban J connectivity index is 1.65. The quantitative estimate of drug-likeness (QED) is 0.645. The van der Waals surface area contributed by atoms with E-state index in [4.69, 9.17) is 0 Å². The zero-order valence-electron chi connectivity index (χ0n) is 15.0. The molecule has 0 aliphatic heterocycles. The van der Waals surface area contributed by atoms with Crippen molar-refractivity contribution >= 4 is 16.8 Å². The van der Waals surface area contributed by atoms with E-state index < -0.39 is 0 Å². The minimum Gasteiger partial charge on any atom is -0.339 e. The molecule has 3 nitrogen and oxygen atoms in total. The van der Waals surface area contributed by atoms with Gasteiger partial charge in [0.2, 0.25) is 0 Å². The van der Waals surface area contributed by atoms with Crippen LogP contribution >= 0.6 is 0 Å². The first-order valence-corrected chi connectivity index (χ1v) is 9.36. The van der Waals surface area contributed by atoms with Crippen LogP contribution in [0.4, 0.5) is 4.39 Å². The summed E-state index contributed by atoms with van der Waals surface area (Å²) in [5.74, 6) is 0.652. The summed E-state index contributed by atoms with van der Waals surface area (Å²) in [6.45, 7) is 2.55. The van der Waals surface area contributed by atoms with Gasteiger partial charge in [0.05, 0.1) is 17.6 Å². The highest BCUT2D eigenvalue weighted by atomic mass is 19.1. The predicted molar refractivity (Wildman–Crippen MR) is 101 cm³/mol. The largest absolute Gasteiger partial charge is 0.339 e. The van der Waals surface area contributed by atoms with Gasteiger partial charge in [-0.2, -0.15) is 0 Å². The van der Waals surface area contributed by atoms with Crippen molar-refractivity contribution in [2.45, 2.75) is 39.2 Å². The smallest absolute Gasteiger partial charge is 0.155 e. The minimum atomic E-state index is -0.265. The molecule has 0 saturated heterocycles. The van der Waals surface area contributed by atoms with Gasteiger partial charge in [0, 0.05) is 29.4 Å². The number of ketones is 1. The fourth-order valence-corrected chi connectivity index (χ4v) is 4.12. The lowest BCUT2D eigenvalue weighted by Gasteiger charge is -2.27. The molecule has 2 atom stereocenters. The number of nitrogens with zero attached hydrogens (tertiary/aromatic N) is 2. The number of carbonyl (C=O) groups excluding carboxylic acids is 1. The van der Waals surface area contributed by atoms with E-state index in [1.165, 1.54) is 12.5 Å². The summed E-state index contributed by atoms with van der Waals surface area (Å²) in [7, 11) is 0. The molecule has 0 amide bonds. The molecular weight excluding hydrogens is 327 g/mol. The van der Waals surface area contributed by atoms with Crippen LogP contribution in [0.3, 0.4) is 0 Å². The molecule has 1 fully saturated rings. The number of carbonyl (C=O) groups is 1. The van der Waals surface area contributed by atoms with Gasteiger partial charge in [-0.3, -0.25) is 9.78 Å². The molecule has 2 unspecified atom stereocenters. The molecule has 1 aliphatic rings. The third-order valence-corrected chi connectivity index (χ3v) is 5.66. The summed E-state index contributed by atoms with van der Waals surface area (Å²) >= 11 is 0. The van der Waals surface area contributed by atoms with Crippen LogP contribution in [0, 0.1) is 17.7 Å².